The van der Waals surface area contributed by atoms with Crippen molar-refractivity contribution in [2.75, 3.05) is 0 Å². The Balaban J connectivity index is 1.67. The standard InChI is InChI=1S/C20H21N3OS/c1-15-19(25-23-22-15)20(24)21-18(17-12-6-3-7-13-17)14-8-11-16-9-4-2-5-10-16/h2-7,9-10,12-13,18H,8,11,14H2,1H3,(H,21,24). The number of rotatable bonds is 7. The lowest BCUT2D eigenvalue weighted by Crippen LogP contribution is -2.28. The van der Waals surface area contributed by atoms with Gasteiger partial charge in [0.2, 0.25) is 0 Å². The van der Waals surface area contributed by atoms with Crippen LogP contribution in [-0.2, 0) is 6.42 Å². The lowest BCUT2D eigenvalue weighted by atomic mass is 9.99. The SMILES string of the molecule is Cc1nnsc1C(=O)NC(CCCc1ccccc1)c1ccccc1. The molecule has 25 heavy (non-hydrogen) atoms. The minimum atomic E-state index is -0.0962. The second-order valence-electron chi connectivity index (χ2n) is 6.00. The lowest BCUT2D eigenvalue weighted by Gasteiger charge is -2.19. The molecule has 0 aliphatic rings. The average Bonchev–Trinajstić information content (AvgIpc) is 3.08. The van der Waals surface area contributed by atoms with Gasteiger partial charge in [-0.3, -0.25) is 4.79 Å². The van der Waals surface area contributed by atoms with Crippen molar-refractivity contribution in [2.24, 2.45) is 0 Å². The van der Waals surface area contributed by atoms with Crippen LogP contribution < -0.4 is 5.32 Å². The average molecular weight is 351 g/mol. The molecule has 0 fully saturated rings. The summed E-state index contributed by atoms with van der Waals surface area (Å²) < 4.78 is 3.86. The Morgan fingerprint density at radius 1 is 1.08 bits per heavy atom. The Bertz CT molecular complexity index is 802. The van der Waals surface area contributed by atoms with E-state index in [-0.39, 0.29) is 11.9 Å². The van der Waals surface area contributed by atoms with Crippen molar-refractivity contribution in [3.8, 4) is 0 Å². The van der Waals surface area contributed by atoms with Gasteiger partial charge in [0, 0.05) is 0 Å². The molecule has 1 atom stereocenters. The van der Waals surface area contributed by atoms with Gasteiger partial charge in [0.25, 0.3) is 5.91 Å². The zero-order chi connectivity index (χ0) is 17.5. The Morgan fingerprint density at radius 2 is 1.76 bits per heavy atom. The van der Waals surface area contributed by atoms with Crippen LogP contribution in [0.5, 0.6) is 0 Å². The largest absolute Gasteiger partial charge is 0.344 e. The maximum Gasteiger partial charge on any atom is 0.265 e. The number of aromatic nitrogens is 2. The first-order chi connectivity index (χ1) is 12.2. The van der Waals surface area contributed by atoms with Crippen LogP contribution in [0, 0.1) is 6.92 Å². The summed E-state index contributed by atoms with van der Waals surface area (Å²) in [5.74, 6) is -0.0962. The highest BCUT2D eigenvalue weighted by atomic mass is 32.1. The summed E-state index contributed by atoms with van der Waals surface area (Å²) in [6.07, 6.45) is 2.89. The summed E-state index contributed by atoms with van der Waals surface area (Å²) in [6, 6.07) is 20.5. The fourth-order valence-electron chi connectivity index (χ4n) is 2.83. The summed E-state index contributed by atoms with van der Waals surface area (Å²) in [5.41, 5.74) is 3.13. The van der Waals surface area contributed by atoms with E-state index in [2.05, 4.69) is 51.3 Å². The van der Waals surface area contributed by atoms with E-state index < -0.39 is 0 Å². The zero-order valence-corrected chi connectivity index (χ0v) is 15.0. The van der Waals surface area contributed by atoms with Gasteiger partial charge in [0.15, 0.2) is 0 Å². The Morgan fingerprint density at radius 3 is 2.40 bits per heavy atom. The Labute approximate surface area is 152 Å². The molecule has 1 heterocycles. The van der Waals surface area contributed by atoms with Crippen molar-refractivity contribution < 1.29 is 4.79 Å². The molecule has 0 radical (unpaired) electrons. The third kappa shape index (κ3) is 4.73. The predicted molar refractivity (Wildman–Crippen MR) is 101 cm³/mol. The molecular weight excluding hydrogens is 330 g/mol. The van der Waals surface area contributed by atoms with E-state index in [9.17, 15) is 4.79 Å². The number of aryl methyl sites for hydroxylation is 2. The molecule has 1 N–H and O–H groups in total. The number of amides is 1. The molecule has 0 aliphatic heterocycles. The fourth-order valence-corrected chi connectivity index (χ4v) is 3.39. The van der Waals surface area contributed by atoms with E-state index in [1.165, 1.54) is 5.56 Å². The number of carbonyl (C=O) groups is 1. The molecule has 128 valence electrons. The lowest BCUT2D eigenvalue weighted by molar-refractivity contribution is 0.0937. The Hall–Kier alpha value is -2.53. The van der Waals surface area contributed by atoms with Crippen molar-refractivity contribution in [2.45, 2.75) is 32.2 Å². The van der Waals surface area contributed by atoms with Gasteiger partial charge in [-0.25, -0.2) is 0 Å². The molecule has 0 bridgehead atoms. The van der Waals surface area contributed by atoms with Gasteiger partial charge in [-0.05, 0) is 48.8 Å². The molecule has 0 saturated carbocycles. The van der Waals surface area contributed by atoms with E-state index in [0.29, 0.717) is 10.6 Å². The first-order valence-corrected chi connectivity index (χ1v) is 9.20. The van der Waals surface area contributed by atoms with Crippen LogP contribution in [0.15, 0.2) is 60.7 Å². The van der Waals surface area contributed by atoms with Gasteiger partial charge in [-0.15, -0.1) is 5.10 Å². The van der Waals surface area contributed by atoms with Gasteiger partial charge >= 0.3 is 0 Å². The van der Waals surface area contributed by atoms with Crippen molar-refractivity contribution >= 4 is 17.4 Å². The molecule has 0 saturated heterocycles. The van der Waals surface area contributed by atoms with E-state index in [0.717, 1.165) is 36.4 Å². The highest BCUT2D eigenvalue weighted by Crippen LogP contribution is 2.21. The highest BCUT2D eigenvalue weighted by Gasteiger charge is 2.19. The molecule has 1 amide bonds. The van der Waals surface area contributed by atoms with Crippen LogP contribution in [0.4, 0.5) is 0 Å². The van der Waals surface area contributed by atoms with E-state index in [4.69, 9.17) is 0 Å². The van der Waals surface area contributed by atoms with Gasteiger partial charge < -0.3 is 5.32 Å². The predicted octanol–water partition coefficient (Wildman–Crippen LogP) is 4.34. The molecular formula is C20H21N3OS. The topological polar surface area (TPSA) is 54.9 Å². The van der Waals surface area contributed by atoms with Gasteiger partial charge in [0.05, 0.1) is 11.7 Å². The Kier molecular flexibility index (Phi) is 5.90. The van der Waals surface area contributed by atoms with Crippen LogP contribution in [0.2, 0.25) is 0 Å². The summed E-state index contributed by atoms with van der Waals surface area (Å²) in [6.45, 7) is 1.81. The third-order valence-electron chi connectivity index (χ3n) is 4.17. The molecule has 3 aromatic rings. The zero-order valence-electron chi connectivity index (χ0n) is 14.2. The number of hydrogen-bond donors (Lipinski definition) is 1. The summed E-state index contributed by atoms with van der Waals surface area (Å²) in [5, 5.41) is 7.08. The molecule has 0 aliphatic carbocycles. The molecule has 5 heteroatoms. The van der Waals surface area contributed by atoms with E-state index in [1.807, 2.05) is 31.2 Å². The highest BCUT2D eigenvalue weighted by molar-refractivity contribution is 7.08. The second kappa shape index (κ2) is 8.53. The van der Waals surface area contributed by atoms with Crippen molar-refractivity contribution in [3.63, 3.8) is 0 Å². The minimum Gasteiger partial charge on any atom is -0.344 e. The van der Waals surface area contributed by atoms with Crippen LogP contribution >= 0.6 is 11.5 Å². The van der Waals surface area contributed by atoms with Crippen LogP contribution in [0.3, 0.4) is 0 Å². The molecule has 3 rings (SSSR count). The number of nitrogens with one attached hydrogen (secondary N) is 1. The summed E-state index contributed by atoms with van der Waals surface area (Å²) in [7, 11) is 0. The maximum absolute atomic E-state index is 12.6. The van der Waals surface area contributed by atoms with Crippen LogP contribution in [0.1, 0.15) is 45.4 Å². The maximum atomic E-state index is 12.6. The fraction of sp³-hybridized carbons (Fsp3) is 0.250. The smallest absolute Gasteiger partial charge is 0.265 e. The van der Waals surface area contributed by atoms with Crippen molar-refractivity contribution in [3.05, 3.63) is 82.4 Å². The van der Waals surface area contributed by atoms with Crippen molar-refractivity contribution in [1.82, 2.24) is 14.9 Å². The summed E-state index contributed by atoms with van der Waals surface area (Å²) in [4.78, 5) is 13.1. The molecule has 2 aromatic carbocycles. The number of carbonyl (C=O) groups excluding carboxylic acids is 1. The number of nitrogens with zero attached hydrogens (tertiary/aromatic N) is 2. The summed E-state index contributed by atoms with van der Waals surface area (Å²) >= 11 is 1.14. The third-order valence-corrected chi connectivity index (χ3v) is 4.99. The monoisotopic (exact) mass is 351 g/mol. The van der Waals surface area contributed by atoms with Gasteiger partial charge in [-0.2, -0.15) is 0 Å². The number of benzene rings is 2. The quantitative estimate of drug-likeness (QED) is 0.689. The first-order valence-electron chi connectivity index (χ1n) is 8.42. The molecule has 0 spiro atoms. The van der Waals surface area contributed by atoms with Crippen molar-refractivity contribution in [1.29, 1.82) is 0 Å². The van der Waals surface area contributed by atoms with Crippen LogP contribution in [0.25, 0.3) is 0 Å². The first kappa shape index (κ1) is 17.3. The van der Waals surface area contributed by atoms with Gasteiger partial charge in [0.1, 0.15) is 4.88 Å². The molecule has 4 nitrogen and oxygen atoms in total. The molecule has 1 unspecified atom stereocenters. The number of hydrogen-bond acceptors (Lipinski definition) is 4. The van der Waals surface area contributed by atoms with Gasteiger partial charge in [-0.1, -0.05) is 65.2 Å². The minimum absolute atomic E-state index is 0.0149. The van der Waals surface area contributed by atoms with E-state index in [1.54, 1.807) is 0 Å². The van der Waals surface area contributed by atoms with Crippen LogP contribution in [-0.4, -0.2) is 15.5 Å². The van der Waals surface area contributed by atoms with E-state index >= 15 is 0 Å². The second-order valence-corrected chi connectivity index (χ2v) is 6.76. The molecule has 1 aromatic heterocycles. The normalized spacial score (nSPS) is 11.9.